The molecule has 0 bridgehead atoms. The van der Waals surface area contributed by atoms with Gasteiger partial charge in [-0.1, -0.05) is 249 Å². The van der Waals surface area contributed by atoms with Crippen LogP contribution in [0.2, 0.25) is 0 Å². The summed E-state index contributed by atoms with van der Waals surface area (Å²) in [5.41, 5.74) is 26.7. The number of para-hydroxylation sites is 3. The first-order valence-corrected chi connectivity index (χ1v) is 27.4. The molecule has 0 amide bonds. The smallest absolute Gasteiger partial charge is 0.0725 e. The van der Waals surface area contributed by atoms with E-state index in [0.29, 0.717) is 0 Å². The molecule has 0 saturated heterocycles. The van der Waals surface area contributed by atoms with Gasteiger partial charge in [-0.15, -0.1) is 0 Å². The van der Waals surface area contributed by atoms with Crippen molar-refractivity contribution in [3.8, 4) is 72.4 Å². The SMILES string of the molecule is c1ccc(-n2c3ccccc3c3ccccc32)c(-c2ccc(-c3ccc(N(c4ccc(-c5cccc6c5-c5ccccc5C65c6ccccc6-c6ccccc65)cc4)c4ccc(-c5cccc6ccccc56)cc4)cc3)cc2)c1. The Hall–Kier alpha value is -10.3. The third kappa shape index (κ3) is 6.84. The maximum absolute atomic E-state index is 2.42. The van der Waals surface area contributed by atoms with Crippen molar-refractivity contribution in [2.45, 2.75) is 5.41 Å². The molecule has 2 heteroatoms. The third-order valence-electron chi connectivity index (χ3n) is 17.1. The Bertz CT molecular complexity index is 4590. The van der Waals surface area contributed by atoms with Crippen LogP contribution in [0.3, 0.4) is 0 Å². The van der Waals surface area contributed by atoms with E-state index in [1.54, 1.807) is 0 Å². The molecule has 0 aliphatic heterocycles. The standard InChI is InChI=1S/C77H50N2/c1-2-19-60-53(17-1)18-15-26-61(60)54-41-47-58(48-42-54)78(57-45-39-52(40-46-57)51-35-37-55(38-36-51)62-20-6-12-32-73(62)79-74-33-13-7-23-66(74)67-24-8-14-34-75(67)79)59-49-43-56(44-50-59)63-27-16-31-72-76(63)68-25-5-11-30-71(68)77(72)69-28-9-3-21-64(69)65-22-4-10-29-70(65)77/h1-50H. The number of anilines is 3. The Morgan fingerprint density at radius 2 is 0.608 bits per heavy atom. The predicted molar refractivity (Wildman–Crippen MR) is 331 cm³/mol. The number of rotatable bonds is 8. The summed E-state index contributed by atoms with van der Waals surface area (Å²) in [7, 11) is 0. The van der Waals surface area contributed by atoms with Crippen molar-refractivity contribution in [2.24, 2.45) is 0 Å². The summed E-state index contributed by atoms with van der Waals surface area (Å²) in [5.74, 6) is 0. The highest BCUT2D eigenvalue weighted by Gasteiger charge is 2.52. The minimum absolute atomic E-state index is 0.391. The first kappa shape index (κ1) is 45.0. The average molecular weight is 1000 g/mol. The number of nitrogens with zero attached hydrogens (tertiary/aromatic N) is 2. The van der Waals surface area contributed by atoms with Crippen LogP contribution in [0.4, 0.5) is 17.1 Å². The van der Waals surface area contributed by atoms with Crippen molar-refractivity contribution in [1.82, 2.24) is 4.57 Å². The number of fused-ring (bicyclic) bond motifs is 14. The van der Waals surface area contributed by atoms with Gasteiger partial charge < -0.3 is 9.47 Å². The zero-order valence-corrected chi connectivity index (χ0v) is 43.3. The topological polar surface area (TPSA) is 8.17 Å². The van der Waals surface area contributed by atoms with Gasteiger partial charge in [0.05, 0.1) is 22.1 Å². The Labute approximate surface area is 460 Å². The van der Waals surface area contributed by atoms with Crippen molar-refractivity contribution >= 4 is 49.6 Å². The summed E-state index contributed by atoms with van der Waals surface area (Å²) in [5, 5.41) is 5.02. The molecule has 2 aliphatic rings. The molecule has 2 aliphatic carbocycles. The van der Waals surface area contributed by atoms with Gasteiger partial charge in [0.25, 0.3) is 0 Å². The number of hydrogen-bond acceptors (Lipinski definition) is 1. The fraction of sp³-hybridized carbons (Fsp3) is 0.0130. The average Bonchev–Trinajstić information content (AvgIpc) is 4.19. The van der Waals surface area contributed by atoms with E-state index in [1.165, 1.54) is 122 Å². The van der Waals surface area contributed by atoms with E-state index in [1.807, 2.05) is 0 Å². The minimum Gasteiger partial charge on any atom is -0.311 e. The van der Waals surface area contributed by atoms with Gasteiger partial charge in [-0.2, -0.15) is 0 Å². The summed E-state index contributed by atoms with van der Waals surface area (Å²) in [6.45, 7) is 0. The first-order valence-electron chi connectivity index (χ1n) is 27.4. The summed E-state index contributed by atoms with van der Waals surface area (Å²) in [4.78, 5) is 2.39. The van der Waals surface area contributed by atoms with E-state index >= 15 is 0 Å². The van der Waals surface area contributed by atoms with Crippen LogP contribution < -0.4 is 4.90 Å². The molecular weight excluding hydrogens is 953 g/mol. The molecule has 0 saturated carbocycles. The third-order valence-corrected chi connectivity index (χ3v) is 17.1. The molecule has 14 aromatic rings. The monoisotopic (exact) mass is 1000 g/mol. The zero-order chi connectivity index (χ0) is 52.0. The van der Waals surface area contributed by atoms with Crippen LogP contribution in [-0.2, 0) is 5.41 Å². The lowest BCUT2D eigenvalue weighted by molar-refractivity contribution is 0.794. The Balaban J connectivity index is 0.771. The molecule has 1 heterocycles. The second kappa shape index (κ2) is 17.9. The number of aromatic nitrogens is 1. The quantitative estimate of drug-likeness (QED) is 0.147. The highest BCUT2D eigenvalue weighted by atomic mass is 15.1. The van der Waals surface area contributed by atoms with E-state index in [4.69, 9.17) is 0 Å². The van der Waals surface area contributed by atoms with Gasteiger partial charge in [0.2, 0.25) is 0 Å². The molecular formula is C77H50N2. The minimum atomic E-state index is -0.391. The van der Waals surface area contributed by atoms with Gasteiger partial charge in [-0.3, -0.25) is 0 Å². The maximum atomic E-state index is 2.42. The van der Waals surface area contributed by atoms with Crippen molar-refractivity contribution in [3.05, 3.63) is 326 Å². The van der Waals surface area contributed by atoms with E-state index in [9.17, 15) is 0 Å². The van der Waals surface area contributed by atoms with Gasteiger partial charge >= 0.3 is 0 Å². The van der Waals surface area contributed by atoms with Crippen LogP contribution >= 0.6 is 0 Å². The highest BCUT2D eigenvalue weighted by molar-refractivity contribution is 6.10. The van der Waals surface area contributed by atoms with Gasteiger partial charge in [-0.05, 0) is 149 Å². The lowest BCUT2D eigenvalue weighted by atomic mass is 9.70. The first-order chi connectivity index (χ1) is 39.2. The second-order valence-electron chi connectivity index (χ2n) is 21.1. The summed E-state index contributed by atoms with van der Waals surface area (Å²) >= 11 is 0. The van der Waals surface area contributed by atoms with Crippen LogP contribution in [0.1, 0.15) is 22.3 Å². The molecule has 0 unspecified atom stereocenters. The van der Waals surface area contributed by atoms with Crippen LogP contribution in [-0.4, -0.2) is 4.57 Å². The molecule has 1 spiro atoms. The maximum Gasteiger partial charge on any atom is 0.0725 e. The fourth-order valence-corrected chi connectivity index (χ4v) is 13.6. The predicted octanol–water partition coefficient (Wildman–Crippen LogP) is 20.4. The second-order valence-corrected chi connectivity index (χ2v) is 21.1. The molecule has 79 heavy (non-hydrogen) atoms. The van der Waals surface area contributed by atoms with E-state index in [-0.39, 0.29) is 0 Å². The molecule has 16 rings (SSSR count). The van der Waals surface area contributed by atoms with Gasteiger partial charge in [0.15, 0.2) is 0 Å². The highest BCUT2D eigenvalue weighted by Crippen LogP contribution is 2.64. The lowest BCUT2D eigenvalue weighted by Gasteiger charge is -2.30. The molecule has 368 valence electrons. The normalized spacial score (nSPS) is 12.7. The molecule has 0 N–H and O–H groups in total. The number of benzene rings is 13. The Morgan fingerprint density at radius 3 is 1.22 bits per heavy atom. The zero-order valence-electron chi connectivity index (χ0n) is 43.3. The van der Waals surface area contributed by atoms with Gasteiger partial charge in [0.1, 0.15) is 0 Å². The van der Waals surface area contributed by atoms with Gasteiger partial charge in [-0.25, -0.2) is 0 Å². The largest absolute Gasteiger partial charge is 0.311 e. The lowest BCUT2D eigenvalue weighted by Crippen LogP contribution is -2.25. The van der Waals surface area contributed by atoms with E-state index in [2.05, 4.69) is 313 Å². The van der Waals surface area contributed by atoms with E-state index < -0.39 is 5.41 Å². The molecule has 13 aromatic carbocycles. The van der Waals surface area contributed by atoms with Crippen molar-refractivity contribution in [3.63, 3.8) is 0 Å². The molecule has 2 nitrogen and oxygen atoms in total. The van der Waals surface area contributed by atoms with Crippen LogP contribution in [0.25, 0.3) is 105 Å². The van der Waals surface area contributed by atoms with Crippen LogP contribution in [0, 0.1) is 0 Å². The summed E-state index contributed by atoms with van der Waals surface area (Å²) < 4.78 is 2.42. The summed E-state index contributed by atoms with van der Waals surface area (Å²) in [6, 6.07) is 112. The van der Waals surface area contributed by atoms with Crippen LogP contribution in [0.5, 0.6) is 0 Å². The molecule has 0 radical (unpaired) electrons. The Kier molecular flexibility index (Phi) is 10.2. The van der Waals surface area contributed by atoms with Crippen molar-refractivity contribution in [1.29, 1.82) is 0 Å². The molecule has 0 fully saturated rings. The van der Waals surface area contributed by atoms with E-state index in [0.717, 1.165) is 22.6 Å². The van der Waals surface area contributed by atoms with Gasteiger partial charge in [0, 0.05) is 33.4 Å². The van der Waals surface area contributed by atoms with Crippen molar-refractivity contribution < 1.29 is 0 Å². The van der Waals surface area contributed by atoms with Crippen LogP contribution in [0.15, 0.2) is 303 Å². The Morgan fingerprint density at radius 1 is 0.241 bits per heavy atom. The molecule has 0 atom stereocenters. The molecule has 1 aromatic heterocycles. The summed E-state index contributed by atoms with van der Waals surface area (Å²) in [6.07, 6.45) is 0. The van der Waals surface area contributed by atoms with Crippen molar-refractivity contribution in [2.75, 3.05) is 4.90 Å². The fourth-order valence-electron chi connectivity index (χ4n) is 13.6. The number of hydrogen-bond donors (Lipinski definition) is 0.